The summed E-state index contributed by atoms with van der Waals surface area (Å²) in [6.45, 7) is 8.48. The fourth-order valence-corrected chi connectivity index (χ4v) is 3.34. The van der Waals surface area contributed by atoms with Gasteiger partial charge in [0.05, 0.1) is 12.2 Å². The van der Waals surface area contributed by atoms with Crippen LogP contribution in [0.5, 0.6) is 11.5 Å². The zero-order valence-corrected chi connectivity index (χ0v) is 20.8. The molecule has 0 aromatic heterocycles. The number of benzene rings is 3. The molecular weight excluding hydrogens is 440 g/mol. The second-order valence-electron chi connectivity index (χ2n) is 7.91. The highest BCUT2D eigenvalue weighted by Gasteiger charge is 2.11. The lowest BCUT2D eigenvalue weighted by Gasteiger charge is -2.11. The zero-order chi connectivity index (χ0) is 25.5. The number of aldehydes is 1. The maximum Gasteiger partial charge on any atom is 0.343 e. The fourth-order valence-electron chi connectivity index (χ4n) is 3.34. The van der Waals surface area contributed by atoms with Gasteiger partial charge in [-0.1, -0.05) is 50.3 Å². The van der Waals surface area contributed by atoms with Gasteiger partial charge in [-0.2, -0.15) is 0 Å². The number of ether oxygens (including phenoxy) is 3. The van der Waals surface area contributed by atoms with Crippen LogP contribution in [0.25, 0.3) is 11.1 Å². The van der Waals surface area contributed by atoms with Crippen LogP contribution in [0.1, 0.15) is 41.3 Å². The molecule has 0 atom stereocenters. The third kappa shape index (κ3) is 9.22. The van der Waals surface area contributed by atoms with Crippen molar-refractivity contribution < 1.29 is 23.8 Å². The molecule has 0 aliphatic heterocycles. The Hall–Kier alpha value is -3.70. The van der Waals surface area contributed by atoms with Crippen molar-refractivity contribution in [3.63, 3.8) is 0 Å². The number of rotatable bonds is 11. The zero-order valence-electron chi connectivity index (χ0n) is 20.8. The highest BCUT2D eigenvalue weighted by atomic mass is 16.5. The predicted octanol–water partition coefficient (Wildman–Crippen LogP) is 6.62. The van der Waals surface area contributed by atoms with E-state index in [0.29, 0.717) is 30.8 Å². The SMILES string of the molecule is C=CC=O.CCCc1ccc(-c2ccc(OC(=O)c3ccc(OCCCOC)cc3)c(C)c2)cc1. The third-order valence-electron chi connectivity index (χ3n) is 5.15. The summed E-state index contributed by atoms with van der Waals surface area (Å²) in [5, 5.41) is 0. The van der Waals surface area contributed by atoms with Gasteiger partial charge in [0.1, 0.15) is 17.8 Å². The van der Waals surface area contributed by atoms with E-state index in [4.69, 9.17) is 19.0 Å². The van der Waals surface area contributed by atoms with Crippen LogP contribution in [-0.2, 0) is 16.0 Å². The first kappa shape index (κ1) is 27.5. The molecule has 0 saturated carbocycles. The van der Waals surface area contributed by atoms with Crippen molar-refractivity contribution in [3.8, 4) is 22.6 Å². The Morgan fingerprint density at radius 2 is 1.60 bits per heavy atom. The Labute approximate surface area is 208 Å². The Bertz CT molecular complexity index is 1060. The summed E-state index contributed by atoms with van der Waals surface area (Å²) < 4.78 is 16.3. The van der Waals surface area contributed by atoms with Crippen LogP contribution >= 0.6 is 0 Å². The lowest BCUT2D eigenvalue weighted by Crippen LogP contribution is -2.09. The van der Waals surface area contributed by atoms with Crippen molar-refractivity contribution in [2.75, 3.05) is 20.3 Å². The molecule has 35 heavy (non-hydrogen) atoms. The molecule has 0 aliphatic rings. The molecule has 0 unspecified atom stereocenters. The minimum atomic E-state index is -0.384. The molecule has 0 radical (unpaired) electrons. The number of hydrogen-bond acceptors (Lipinski definition) is 5. The van der Waals surface area contributed by atoms with Gasteiger partial charge in [0.15, 0.2) is 0 Å². The van der Waals surface area contributed by atoms with E-state index >= 15 is 0 Å². The monoisotopic (exact) mass is 474 g/mol. The first-order valence-corrected chi connectivity index (χ1v) is 11.7. The van der Waals surface area contributed by atoms with Gasteiger partial charge in [-0.15, -0.1) is 0 Å². The lowest BCUT2D eigenvalue weighted by atomic mass is 10.0. The Morgan fingerprint density at radius 3 is 2.17 bits per heavy atom. The topological polar surface area (TPSA) is 61.8 Å². The quantitative estimate of drug-likeness (QED) is 0.103. The van der Waals surface area contributed by atoms with Crippen LogP contribution in [-0.4, -0.2) is 32.6 Å². The number of methoxy groups -OCH3 is 1. The summed E-state index contributed by atoms with van der Waals surface area (Å²) in [4.78, 5) is 21.6. The van der Waals surface area contributed by atoms with Gasteiger partial charge in [-0.25, -0.2) is 4.79 Å². The number of esters is 1. The molecule has 0 heterocycles. The third-order valence-corrected chi connectivity index (χ3v) is 5.15. The summed E-state index contributed by atoms with van der Waals surface area (Å²) in [6, 6.07) is 21.5. The molecule has 3 aromatic carbocycles. The van der Waals surface area contributed by atoms with E-state index in [1.807, 2.05) is 25.1 Å². The number of carbonyl (C=O) groups excluding carboxylic acids is 2. The second kappa shape index (κ2) is 15.3. The normalized spacial score (nSPS) is 10.0. The Morgan fingerprint density at radius 1 is 0.943 bits per heavy atom. The molecule has 5 heteroatoms. The molecule has 0 saturated heterocycles. The van der Waals surface area contributed by atoms with E-state index in [-0.39, 0.29) is 5.97 Å². The molecular formula is C30H34O5. The van der Waals surface area contributed by atoms with E-state index < -0.39 is 0 Å². The predicted molar refractivity (Wildman–Crippen MR) is 140 cm³/mol. The van der Waals surface area contributed by atoms with Gasteiger partial charge in [-0.3, -0.25) is 4.79 Å². The summed E-state index contributed by atoms with van der Waals surface area (Å²) in [6.07, 6.45) is 4.89. The van der Waals surface area contributed by atoms with E-state index in [1.165, 1.54) is 11.6 Å². The average Bonchev–Trinajstić information content (AvgIpc) is 2.89. The van der Waals surface area contributed by atoms with Gasteiger partial charge < -0.3 is 14.2 Å². The summed E-state index contributed by atoms with van der Waals surface area (Å²) in [5.74, 6) is 0.903. The summed E-state index contributed by atoms with van der Waals surface area (Å²) >= 11 is 0. The molecule has 3 rings (SSSR count). The number of aryl methyl sites for hydroxylation is 2. The lowest BCUT2D eigenvalue weighted by molar-refractivity contribution is -0.104. The minimum absolute atomic E-state index is 0.384. The largest absolute Gasteiger partial charge is 0.494 e. The van der Waals surface area contributed by atoms with Crippen LogP contribution < -0.4 is 9.47 Å². The Balaban J connectivity index is 0.00000100. The van der Waals surface area contributed by atoms with Crippen LogP contribution in [0.2, 0.25) is 0 Å². The van der Waals surface area contributed by atoms with Crippen molar-refractivity contribution in [2.24, 2.45) is 0 Å². The first-order valence-electron chi connectivity index (χ1n) is 11.7. The van der Waals surface area contributed by atoms with Crippen molar-refractivity contribution in [1.29, 1.82) is 0 Å². The van der Waals surface area contributed by atoms with Gasteiger partial charge in [0, 0.05) is 20.1 Å². The second-order valence-corrected chi connectivity index (χ2v) is 7.91. The van der Waals surface area contributed by atoms with Gasteiger partial charge >= 0.3 is 5.97 Å². The number of hydrogen-bond donors (Lipinski definition) is 0. The minimum Gasteiger partial charge on any atom is -0.494 e. The van der Waals surface area contributed by atoms with Crippen LogP contribution in [0.15, 0.2) is 79.4 Å². The standard InChI is InChI=1S/C27H30O4.C3H4O/c1-4-6-21-7-9-22(10-8-21)24-13-16-26(20(2)19-24)31-27(28)23-11-14-25(15-12-23)30-18-5-17-29-3;1-2-3-4/h7-16,19H,4-6,17-18H2,1-3H3;2-3H,1H2. The Kier molecular flexibility index (Phi) is 12.0. The molecule has 0 amide bonds. The highest BCUT2D eigenvalue weighted by Crippen LogP contribution is 2.27. The maximum atomic E-state index is 12.6. The summed E-state index contributed by atoms with van der Waals surface area (Å²) in [5.41, 5.74) is 5.01. The summed E-state index contributed by atoms with van der Waals surface area (Å²) in [7, 11) is 1.67. The fraction of sp³-hybridized carbons (Fsp3) is 0.267. The molecule has 0 spiro atoms. The number of allylic oxidation sites excluding steroid dienone is 1. The smallest absolute Gasteiger partial charge is 0.343 e. The van der Waals surface area contributed by atoms with E-state index in [0.717, 1.165) is 41.7 Å². The van der Waals surface area contributed by atoms with Crippen LogP contribution in [0, 0.1) is 6.92 Å². The molecule has 184 valence electrons. The molecule has 0 N–H and O–H groups in total. The molecule has 5 nitrogen and oxygen atoms in total. The van der Waals surface area contributed by atoms with E-state index in [1.54, 1.807) is 31.4 Å². The van der Waals surface area contributed by atoms with Crippen molar-refractivity contribution >= 4 is 12.3 Å². The maximum absolute atomic E-state index is 12.6. The number of carbonyl (C=O) groups is 2. The molecule has 3 aromatic rings. The molecule has 0 aliphatic carbocycles. The van der Waals surface area contributed by atoms with Crippen molar-refractivity contribution in [3.05, 3.63) is 96.1 Å². The van der Waals surface area contributed by atoms with Crippen LogP contribution in [0.4, 0.5) is 0 Å². The van der Waals surface area contributed by atoms with Crippen molar-refractivity contribution in [2.45, 2.75) is 33.1 Å². The van der Waals surface area contributed by atoms with Crippen LogP contribution in [0.3, 0.4) is 0 Å². The molecule has 0 bridgehead atoms. The highest BCUT2D eigenvalue weighted by molar-refractivity contribution is 5.91. The van der Waals surface area contributed by atoms with Crippen molar-refractivity contribution in [1.82, 2.24) is 0 Å². The molecule has 0 fully saturated rings. The van der Waals surface area contributed by atoms with E-state index in [9.17, 15) is 4.79 Å². The van der Waals surface area contributed by atoms with Gasteiger partial charge in [0.2, 0.25) is 0 Å². The van der Waals surface area contributed by atoms with Gasteiger partial charge in [0.25, 0.3) is 0 Å². The first-order chi connectivity index (χ1) is 17.0. The average molecular weight is 475 g/mol. The van der Waals surface area contributed by atoms with E-state index in [2.05, 4.69) is 37.8 Å². The van der Waals surface area contributed by atoms with Gasteiger partial charge in [-0.05, 0) is 78.1 Å².